The number of aromatic nitrogens is 1. The Kier molecular flexibility index (Phi) is 5.23. The van der Waals surface area contributed by atoms with E-state index in [-0.39, 0.29) is 11.2 Å². The predicted octanol–water partition coefficient (Wildman–Crippen LogP) is 3.84. The smallest absolute Gasteiger partial charge is 0.338 e. The summed E-state index contributed by atoms with van der Waals surface area (Å²) in [5.41, 5.74) is 2.03. The molecule has 1 saturated heterocycles. The molecule has 0 saturated carbocycles. The molecular formula is C18H18N2O4S. The molecule has 0 bridgehead atoms. The van der Waals surface area contributed by atoms with Gasteiger partial charge in [-0.05, 0) is 36.4 Å². The fourth-order valence-corrected chi connectivity index (χ4v) is 3.23. The maximum absolute atomic E-state index is 12.1. The average molecular weight is 358 g/mol. The van der Waals surface area contributed by atoms with Crippen molar-refractivity contribution in [2.24, 2.45) is 0 Å². The van der Waals surface area contributed by atoms with E-state index >= 15 is 0 Å². The van der Waals surface area contributed by atoms with Gasteiger partial charge in [0.25, 0.3) is 11.1 Å². The van der Waals surface area contributed by atoms with E-state index in [0.717, 1.165) is 47.5 Å². The molecule has 0 atom stereocenters. The summed E-state index contributed by atoms with van der Waals surface area (Å²) >= 11 is 0.875. The minimum atomic E-state index is -0.392. The fourth-order valence-electron chi connectivity index (χ4n) is 2.56. The van der Waals surface area contributed by atoms with Gasteiger partial charge in [-0.15, -0.1) is 0 Å². The Morgan fingerprint density at radius 1 is 1.28 bits per heavy atom. The van der Waals surface area contributed by atoms with Crippen LogP contribution < -0.4 is 5.32 Å². The average Bonchev–Trinajstić information content (AvgIpc) is 3.14. The third kappa shape index (κ3) is 3.93. The van der Waals surface area contributed by atoms with Crippen molar-refractivity contribution in [3.63, 3.8) is 0 Å². The number of imide groups is 1. The number of carbonyl (C=O) groups excluding carboxylic acids is 3. The lowest BCUT2D eigenvalue weighted by atomic mass is 10.1. The molecule has 2 aromatic rings. The van der Waals surface area contributed by atoms with E-state index in [0.29, 0.717) is 17.1 Å². The summed E-state index contributed by atoms with van der Waals surface area (Å²) in [6.45, 7) is 2.52. The molecule has 2 N–H and O–H groups in total. The van der Waals surface area contributed by atoms with E-state index in [1.807, 2.05) is 0 Å². The Bertz CT molecular complexity index is 869. The first-order valence-electron chi connectivity index (χ1n) is 8.11. The molecule has 130 valence electrons. The van der Waals surface area contributed by atoms with Gasteiger partial charge in [-0.2, -0.15) is 0 Å². The number of hydrogen-bond acceptors (Lipinski definition) is 5. The van der Waals surface area contributed by atoms with Gasteiger partial charge < -0.3 is 9.72 Å². The van der Waals surface area contributed by atoms with Crippen molar-refractivity contribution in [1.29, 1.82) is 0 Å². The van der Waals surface area contributed by atoms with Crippen LogP contribution in [0.5, 0.6) is 0 Å². The van der Waals surface area contributed by atoms with Crippen molar-refractivity contribution in [3.8, 4) is 0 Å². The van der Waals surface area contributed by atoms with E-state index in [1.54, 1.807) is 30.5 Å². The molecule has 1 aliphatic rings. The van der Waals surface area contributed by atoms with Crippen LogP contribution in [0.4, 0.5) is 4.79 Å². The summed E-state index contributed by atoms with van der Waals surface area (Å²) in [5, 5.41) is 2.72. The lowest BCUT2D eigenvalue weighted by Gasteiger charge is -2.04. The summed E-state index contributed by atoms with van der Waals surface area (Å²) in [7, 11) is 0. The summed E-state index contributed by atoms with van der Waals surface area (Å²) in [5.74, 6) is -0.736. The van der Waals surface area contributed by atoms with Crippen LogP contribution in [-0.4, -0.2) is 28.7 Å². The number of benzene rings is 1. The summed E-state index contributed by atoms with van der Waals surface area (Å²) < 4.78 is 5.26. The third-order valence-corrected chi connectivity index (χ3v) is 4.67. The van der Waals surface area contributed by atoms with Crippen molar-refractivity contribution >= 4 is 45.9 Å². The van der Waals surface area contributed by atoms with E-state index in [2.05, 4.69) is 17.2 Å². The minimum Gasteiger partial charge on any atom is -0.462 e. The molecule has 1 aromatic heterocycles. The SMILES string of the molecule is CCCCCOC(=O)c1ccc2c(C=C3SC(=O)NC3=O)c[nH]c2c1. The Morgan fingerprint density at radius 3 is 2.84 bits per heavy atom. The van der Waals surface area contributed by atoms with Crippen LogP contribution in [0.15, 0.2) is 29.3 Å². The Labute approximate surface area is 149 Å². The van der Waals surface area contributed by atoms with Crippen molar-refractivity contribution in [2.45, 2.75) is 26.2 Å². The van der Waals surface area contributed by atoms with Gasteiger partial charge in [0.05, 0.1) is 17.1 Å². The van der Waals surface area contributed by atoms with Gasteiger partial charge in [0.1, 0.15) is 0 Å². The largest absolute Gasteiger partial charge is 0.462 e. The predicted molar refractivity (Wildman–Crippen MR) is 97.2 cm³/mol. The number of rotatable bonds is 6. The first-order chi connectivity index (χ1) is 12.1. The number of fused-ring (bicyclic) bond motifs is 1. The number of nitrogens with one attached hydrogen (secondary N) is 2. The van der Waals surface area contributed by atoms with E-state index in [9.17, 15) is 14.4 Å². The summed E-state index contributed by atoms with van der Waals surface area (Å²) in [6, 6.07) is 5.24. The monoisotopic (exact) mass is 358 g/mol. The van der Waals surface area contributed by atoms with Gasteiger partial charge in [-0.25, -0.2) is 4.79 Å². The van der Waals surface area contributed by atoms with E-state index in [1.165, 1.54) is 0 Å². The number of aromatic amines is 1. The fraction of sp³-hybridized carbons (Fsp3) is 0.278. The second kappa shape index (κ2) is 7.57. The molecule has 0 radical (unpaired) electrons. The van der Waals surface area contributed by atoms with Gasteiger partial charge in [0, 0.05) is 22.7 Å². The summed E-state index contributed by atoms with van der Waals surface area (Å²) in [6.07, 6.45) is 6.38. The quantitative estimate of drug-likeness (QED) is 0.465. The zero-order valence-electron chi connectivity index (χ0n) is 13.8. The van der Waals surface area contributed by atoms with Crippen molar-refractivity contribution in [1.82, 2.24) is 10.3 Å². The van der Waals surface area contributed by atoms with Crippen LogP contribution >= 0.6 is 11.8 Å². The number of H-pyrrole nitrogens is 1. The van der Waals surface area contributed by atoms with Crippen molar-refractivity contribution < 1.29 is 19.1 Å². The lowest BCUT2D eigenvalue weighted by Crippen LogP contribution is -2.17. The van der Waals surface area contributed by atoms with Crippen LogP contribution in [0.2, 0.25) is 0 Å². The van der Waals surface area contributed by atoms with Crippen LogP contribution in [0.3, 0.4) is 0 Å². The van der Waals surface area contributed by atoms with Crippen molar-refractivity contribution in [3.05, 3.63) is 40.4 Å². The molecule has 1 aliphatic heterocycles. The van der Waals surface area contributed by atoms with Gasteiger partial charge in [0.15, 0.2) is 0 Å². The lowest BCUT2D eigenvalue weighted by molar-refractivity contribution is -0.115. The number of ether oxygens (including phenoxy) is 1. The zero-order chi connectivity index (χ0) is 17.8. The normalized spacial score (nSPS) is 15.8. The second-order valence-corrected chi connectivity index (χ2v) is 6.71. The summed E-state index contributed by atoms with van der Waals surface area (Å²) in [4.78, 5) is 38.4. The molecule has 3 rings (SSSR count). The Hall–Kier alpha value is -2.54. The highest BCUT2D eigenvalue weighted by Gasteiger charge is 2.25. The van der Waals surface area contributed by atoms with E-state index in [4.69, 9.17) is 4.74 Å². The molecule has 0 spiro atoms. The second-order valence-electron chi connectivity index (χ2n) is 5.70. The zero-order valence-corrected chi connectivity index (χ0v) is 14.6. The third-order valence-electron chi connectivity index (χ3n) is 3.86. The number of amides is 2. The van der Waals surface area contributed by atoms with Gasteiger partial charge in [-0.3, -0.25) is 14.9 Å². The van der Waals surface area contributed by atoms with Crippen LogP contribution in [0, 0.1) is 0 Å². The van der Waals surface area contributed by atoms with Gasteiger partial charge in [0.2, 0.25) is 0 Å². The molecule has 2 amide bonds. The number of carbonyl (C=O) groups is 3. The number of esters is 1. The molecule has 0 unspecified atom stereocenters. The molecular weight excluding hydrogens is 340 g/mol. The topological polar surface area (TPSA) is 88.3 Å². The Balaban J connectivity index is 1.77. The molecule has 25 heavy (non-hydrogen) atoms. The highest BCUT2D eigenvalue weighted by atomic mass is 32.2. The van der Waals surface area contributed by atoms with E-state index < -0.39 is 5.91 Å². The van der Waals surface area contributed by atoms with Crippen LogP contribution in [0.25, 0.3) is 17.0 Å². The number of unbranched alkanes of at least 4 members (excludes halogenated alkanes) is 2. The highest BCUT2D eigenvalue weighted by Crippen LogP contribution is 2.28. The van der Waals surface area contributed by atoms with Crippen LogP contribution in [0.1, 0.15) is 42.1 Å². The minimum absolute atomic E-state index is 0.344. The molecule has 6 nitrogen and oxygen atoms in total. The Morgan fingerprint density at radius 2 is 2.12 bits per heavy atom. The maximum atomic E-state index is 12.1. The molecule has 2 heterocycles. The highest BCUT2D eigenvalue weighted by molar-refractivity contribution is 8.18. The standard InChI is InChI=1S/C18H18N2O4S/c1-2-3-4-7-24-17(22)11-5-6-13-12(10-19-14(13)8-11)9-15-16(21)20-18(23)25-15/h5-6,8-10,19H,2-4,7H2,1H3,(H,20,21,23). The first kappa shape index (κ1) is 17.3. The number of thioether (sulfide) groups is 1. The number of hydrogen-bond donors (Lipinski definition) is 2. The maximum Gasteiger partial charge on any atom is 0.338 e. The molecule has 1 aromatic carbocycles. The van der Waals surface area contributed by atoms with Crippen LogP contribution in [-0.2, 0) is 9.53 Å². The molecule has 7 heteroatoms. The molecule has 1 fully saturated rings. The first-order valence-corrected chi connectivity index (χ1v) is 8.93. The van der Waals surface area contributed by atoms with Gasteiger partial charge in [-0.1, -0.05) is 25.8 Å². The van der Waals surface area contributed by atoms with Gasteiger partial charge >= 0.3 is 5.97 Å². The van der Waals surface area contributed by atoms with Crippen molar-refractivity contribution in [2.75, 3.05) is 6.61 Å². The molecule has 0 aliphatic carbocycles.